The normalized spacial score (nSPS) is 13.8. The molecule has 0 bridgehead atoms. The van der Waals surface area contributed by atoms with Crippen molar-refractivity contribution in [3.63, 3.8) is 0 Å². The zero-order valence-electron chi connectivity index (χ0n) is 8.29. The van der Waals surface area contributed by atoms with Gasteiger partial charge in [0.25, 0.3) is 0 Å². The lowest BCUT2D eigenvalue weighted by Crippen LogP contribution is -2.32. The average molecular weight is 174 g/mol. The van der Waals surface area contributed by atoms with Crippen LogP contribution in [0.15, 0.2) is 0 Å². The van der Waals surface area contributed by atoms with Crippen LogP contribution in [-0.4, -0.2) is 42.3 Å². The van der Waals surface area contributed by atoms with Crippen molar-refractivity contribution in [1.82, 2.24) is 4.90 Å². The molecule has 3 N–H and O–H groups in total. The Bertz CT molecular complexity index is 90.5. The largest absolute Gasteiger partial charge is 0.393 e. The Kier molecular flexibility index (Phi) is 7.45. The first-order chi connectivity index (χ1) is 5.70. The van der Waals surface area contributed by atoms with Crippen LogP contribution in [0, 0.1) is 0 Å². The number of nitrogens with zero attached hydrogens (tertiary/aromatic N) is 1. The van der Waals surface area contributed by atoms with Gasteiger partial charge in [-0.2, -0.15) is 0 Å². The van der Waals surface area contributed by atoms with Gasteiger partial charge in [0, 0.05) is 19.6 Å². The first-order valence-electron chi connectivity index (χ1n) is 4.81. The maximum atomic E-state index is 9.08. The molecule has 0 aromatic carbocycles. The maximum absolute atomic E-state index is 9.08. The average Bonchev–Trinajstić information content (AvgIpc) is 2.01. The van der Waals surface area contributed by atoms with Gasteiger partial charge in [-0.15, -0.1) is 0 Å². The van der Waals surface area contributed by atoms with Crippen LogP contribution < -0.4 is 5.73 Å². The molecular formula is C9H22N2O. The minimum absolute atomic E-state index is 0.192. The van der Waals surface area contributed by atoms with Gasteiger partial charge in [-0.25, -0.2) is 0 Å². The summed E-state index contributed by atoms with van der Waals surface area (Å²) in [5.41, 5.74) is 5.46. The van der Waals surface area contributed by atoms with Crippen molar-refractivity contribution in [1.29, 1.82) is 0 Å². The van der Waals surface area contributed by atoms with Gasteiger partial charge in [-0.1, -0.05) is 6.92 Å². The van der Waals surface area contributed by atoms with E-state index in [9.17, 15) is 0 Å². The molecule has 0 radical (unpaired) electrons. The van der Waals surface area contributed by atoms with Crippen molar-refractivity contribution in [2.75, 3.05) is 26.2 Å². The monoisotopic (exact) mass is 174 g/mol. The highest BCUT2D eigenvalue weighted by molar-refractivity contribution is 4.59. The Morgan fingerprint density at radius 3 is 2.42 bits per heavy atom. The zero-order valence-corrected chi connectivity index (χ0v) is 8.29. The van der Waals surface area contributed by atoms with Gasteiger partial charge in [-0.05, 0) is 26.3 Å². The second kappa shape index (κ2) is 7.53. The Morgan fingerprint density at radius 2 is 2.00 bits per heavy atom. The molecule has 0 saturated heterocycles. The van der Waals surface area contributed by atoms with Crippen LogP contribution in [0.4, 0.5) is 0 Å². The summed E-state index contributed by atoms with van der Waals surface area (Å²) in [6, 6.07) is 0. The third-order valence-corrected chi connectivity index (χ3v) is 1.85. The molecule has 0 aromatic rings. The molecule has 0 aliphatic rings. The second-order valence-electron chi connectivity index (χ2n) is 3.27. The highest BCUT2D eigenvalue weighted by atomic mass is 16.3. The Hall–Kier alpha value is -0.120. The molecule has 12 heavy (non-hydrogen) atoms. The molecule has 0 rings (SSSR count). The van der Waals surface area contributed by atoms with Crippen molar-refractivity contribution in [3.8, 4) is 0 Å². The SMILES string of the molecule is CCCN(CCN)CCC(C)O. The van der Waals surface area contributed by atoms with E-state index in [4.69, 9.17) is 10.8 Å². The summed E-state index contributed by atoms with van der Waals surface area (Å²) in [4.78, 5) is 2.30. The number of hydrogen-bond donors (Lipinski definition) is 2. The van der Waals surface area contributed by atoms with Crippen molar-refractivity contribution in [2.45, 2.75) is 32.8 Å². The topological polar surface area (TPSA) is 49.5 Å². The molecule has 0 aliphatic heterocycles. The molecule has 0 aromatic heterocycles. The Labute approximate surface area is 75.6 Å². The number of aliphatic hydroxyl groups is 1. The lowest BCUT2D eigenvalue weighted by Gasteiger charge is -2.21. The standard InChI is InChI=1S/C9H22N2O/c1-3-6-11(8-5-10)7-4-9(2)12/h9,12H,3-8,10H2,1-2H3. The Morgan fingerprint density at radius 1 is 1.33 bits per heavy atom. The summed E-state index contributed by atoms with van der Waals surface area (Å²) < 4.78 is 0. The highest BCUT2D eigenvalue weighted by Crippen LogP contribution is 1.96. The lowest BCUT2D eigenvalue weighted by molar-refractivity contribution is 0.157. The van der Waals surface area contributed by atoms with Crippen LogP contribution in [0.25, 0.3) is 0 Å². The van der Waals surface area contributed by atoms with Crippen LogP contribution in [0.5, 0.6) is 0 Å². The van der Waals surface area contributed by atoms with Gasteiger partial charge < -0.3 is 15.7 Å². The molecule has 0 amide bonds. The van der Waals surface area contributed by atoms with Crippen LogP contribution in [0.3, 0.4) is 0 Å². The van der Waals surface area contributed by atoms with Crippen LogP contribution in [-0.2, 0) is 0 Å². The summed E-state index contributed by atoms with van der Waals surface area (Å²) in [5, 5.41) is 9.08. The summed E-state index contributed by atoms with van der Waals surface area (Å²) >= 11 is 0. The van der Waals surface area contributed by atoms with Gasteiger partial charge >= 0.3 is 0 Å². The van der Waals surface area contributed by atoms with Crippen molar-refractivity contribution in [2.24, 2.45) is 5.73 Å². The molecule has 74 valence electrons. The summed E-state index contributed by atoms with van der Waals surface area (Å²) in [6.07, 6.45) is 1.81. The van der Waals surface area contributed by atoms with Gasteiger partial charge in [0.05, 0.1) is 6.10 Å². The fourth-order valence-corrected chi connectivity index (χ4v) is 1.20. The second-order valence-corrected chi connectivity index (χ2v) is 3.27. The molecule has 0 spiro atoms. The van der Waals surface area contributed by atoms with Gasteiger partial charge in [0.15, 0.2) is 0 Å². The van der Waals surface area contributed by atoms with E-state index in [-0.39, 0.29) is 6.10 Å². The molecule has 0 aliphatic carbocycles. The van der Waals surface area contributed by atoms with Gasteiger partial charge in [-0.3, -0.25) is 0 Å². The zero-order chi connectivity index (χ0) is 9.40. The van der Waals surface area contributed by atoms with Gasteiger partial charge in [0.1, 0.15) is 0 Å². The highest BCUT2D eigenvalue weighted by Gasteiger charge is 2.03. The lowest BCUT2D eigenvalue weighted by atomic mass is 10.2. The number of aliphatic hydroxyl groups excluding tert-OH is 1. The van der Waals surface area contributed by atoms with Crippen LogP contribution >= 0.6 is 0 Å². The predicted molar refractivity (Wildman–Crippen MR) is 52.1 cm³/mol. The van der Waals surface area contributed by atoms with Crippen LogP contribution in [0.1, 0.15) is 26.7 Å². The van der Waals surface area contributed by atoms with E-state index in [0.717, 1.165) is 32.5 Å². The molecule has 3 nitrogen and oxygen atoms in total. The molecular weight excluding hydrogens is 152 g/mol. The van der Waals surface area contributed by atoms with E-state index in [2.05, 4.69) is 11.8 Å². The number of rotatable bonds is 7. The number of hydrogen-bond acceptors (Lipinski definition) is 3. The molecule has 0 saturated carbocycles. The maximum Gasteiger partial charge on any atom is 0.0524 e. The number of nitrogens with two attached hydrogens (primary N) is 1. The smallest absolute Gasteiger partial charge is 0.0524 e. The van der Waals surface area contributed by atoms with Crippen molar-refractivity contribution in [3.05, 3.63) is 0 Å². The predicted octanol–water partition coefficient (Wildman–Crippen LogP) is 0.428. The van der Waals surface area contributed by atoms with E-state index in [1.165, 1.54) is 0 Å². The minimum Gasteiger partial charge on any atom is -0.393 e. The van der Waals surface area contributed by atoms with Crippen LogP contribution in [0.2, 0.25) is 0 Å². The quantitative estimate of drug-likeness (QED) is 0.588. The van der Waals surface area contributed by atoms with Gasteiger partial charge in [0.2, 0.25) is 0 Å². The van der Waals surface area contributed by atoms with E-state index < -0.39 is 0 Å². The summed E-state index contributed by atoms with van der Waals surface area (Å²) in [7, 11) is 0. The van der Waals surface area contributed by atoms with Crippen molar-refractivity contribution < 1.29 is 5.11 Å². The van der Waals surface area contributed by atoms with Crippen molar-refractivity contribution >= 4 is 0 Å². The third-order valence-electron chi connectivity index (χ3n) is 1.85. The summed E-state index contributed by atoms with van der Waals surface area (Å²) in [6.45, 7) is 7.69. The molecule has 1 unspecified atom stereocenters. The fraction of sp³-hybridized carbons (Fsp3) is 1.00. The first kappa shape index (κ1) is 11.9. The first-order valence-corrected chi connectivity index (χ1v) is 4.81. The molecule has 3 heteroatoms. The van der Waals surface area contributed by atoms with E-state index >= 15 is 0 Å². The third kappa shape index (κ3) is 6.58. The molecule has 0 fully saturated rings. The fourth-order valence-electron chi connectivity index (χ4n) is 1.20. The minimum atomic E-state index is -0.192. The van der Waals surface area contributed by atoms with E-state index in [0.29, 0.717) is 6.54 Å². The molecule has 1 atom stereocenters. The summed E-state index contributed by atoms with van der Waals surface area (Å²) in [5.74, 6) is 0. The Balaban J connectivity index is 3.48. The van der Waals surface area contributed by atoms with E-state index in [1.807, 2.05) is 6.92 Å². The van der Waals surface area contributed by atoms with E-state index in [1.54, 1.807) is 0 Å². The molecule has 0 heterocycles.